The molecule has 2 heterocycles. The van der Waals surface area contributed by atoms with Gasteiger partial charge in [0.1, 0.15) is 5.82 Å². The van der Waals surface area contributed by atoms with Crippen LogP contribution in [-0.4, -0.2) is 19.6 Å². The zero-order valence-electron chi connectivity index (χ0n) is 11.7. The normalized spacial score (nSPS) is 11.9. The Balaban J connectivity index is 0.00000180. The first kappa shape index (κ1) is 15.6. The third-order valence-corrected chi connectivity index (χ3v) is 3.21. The summed E-state index contributed by atoms with van der Waals surface area (Å²) in [6.45, 7) is 8.08. The zero-order chi connectivity index (χ0) is 13.0. The van der Waals surface area contributed by atoms with Gasteiger partial charge in [0.05, 0.1) is 12.2 Å². The lowest BCUT2D eigenvalue weighted by Gasteiger charge is -2.09. The predicted molar refractivity (Wildman–Crippen MR) is 79.7 cm³/mol. The molecule has 6 heteroatoms. The molecule has 1 atom stereocenters. The molecule has 0 fully saturated rings. The molecule has 19 heavy (non-hydrogen) atoms. The molecule has 0 aromatic carbocycles. The van der Waals surface area contributed by atoms with Gasteiger partial charge in [-0.3, -0.25) is 9.36 Å². The first-order chi connectivity index (χ1) is 8.74. The van der Waals surface area contributed by atoms with Crippen LogP contribution in [0.15, 0.2) is 24.5 Å². The number of halogens is 1. The lowest BCUT2D eigenvalue weighted by molar-refractivity contribution is 0.479. The van der Waals surface area contributed by atoms with Gasteiger partial charge in [0, 0.05) is 31.0 Å². The number of aryl methyl sites for hydroxylation is 1. The molecule has 0 bridgehead atoms. The number of nitrogens with one attached hydrogen (secondary N) is 1. The van der Waals surface area contributed by atoms with Crippen molar-refractivity contribution < 1.29 is 0 Å². The maximum absolute atomic E-state index is 4.51. The van der Waals surface area contributed by atoms with Crippen LogP contribution < -0.4 is 5.32 Å². The average molecular weight is 284 g/mol. The van der Waals surface area contributed by atoms with Crippen molar-refractivity contribution in [2.45, 2.75) is 46.3 Å². The fourth-order valence-electron chi connectivity index (χ4n) is 1.84. The van der Waals surface area contributed by atoms with Crippen molar-refractivity contribution in [3.05, 3.63) is 30.2 Å². The van der Waals surface area contributed by atoms with Crippen LogP contribution in [0.25, 0.3) is 0 Å². The Hall–Kier alpha value is -1.49. The summed E-state index contributed by atoms with van der Waals surface area (Å²) in [7, 11) is 0. The van der Waals surface area contributed by atoms with Crippen LogP contribution >= 0.6 is 12.4 Å². The summed E-state index contributed by atoms with van der Waals surface area (Å²) in [5.74, 6) is 0.916. The van der Waals surface area contributed by atoms with E-state index in [0.717, 1.165) is 25.3 Å². The smallest absolute Gasteiger partial charge is 0.148 e. The summed E-state index contributed by atoms with van der Waals surface area (Å²) in [6, 6.07) is 4.49. The molecular weight excluding hydrogens is 262 g/mol. The van der Waals surface area contributed by atoms with E-state index in [0.29, 0.717) is 6.04 Å². The standard InChI is InChI=1S/C13H21N5.ClH/c1-4-11(3)18-9-7-13(16-18)14-10-12-6-8-15-17(12)5-2;/h6-9,11H,4-5,10H2,1-3H3,(H,14,16);1H. The van der Waals surface area contributed by atoms with Gasteiger partial charge in [-0.2, -0.15) is 10.2 Å². The number of aromatic nitrogens is 4. The highest BCUT2D eigenvalue weighted by atomic mass is 35.5. The lowest BCUT2D eigenvalue weighted by atomic mass is 10.3. The summed E-state index contributed by atoms with van der Waals surface area (Å²) < 4.78 is 3.98. The van der Waals surface area contributed by atoms with Gasteiger partial charge in [-0.15, -0.1) is 12.4 Å². The largest absolute Gasteiger partial charge is 0.363 e. The predicted octanol–water partition coefficient (Wildman–Crippen LogP) is 3.10. The van der Waals surface area contributed by atoms with E-state index >= 15 is 0 Å². The van der Waals surface area contributed by atoms with E-state index in [9.17, 15) is 0 Å². The molecule has 1 N–H and O–H groups in total. The Morgan fingerprint density at radius 2 is 2.11 bits per heavy atom. The number of rotatable bonds is 6. The maximum atomic E-state index is 4.51. The van der Waals surface area contributed by atoms with E-state index in [2.05, 4.69) is 36.3 Å². The van der Waals surface area contributed by atoms with Crippen molar-refractivity contribution in [3.63, 3.8) is 0 Å². The first-order valence-electron chi connectivity index (χ1n) is 6.54. The fourth-order valence-corrected chi connectivity index (χ4v) is 1.84. The van der Waals surface area contributed by atoms with E-state index in [-0.39, 0.29) is 12.4 Å². The van der Waals surface area contributed by atoms with Gasteiger partial charge in [0.2, 0.25) is 0 Å². The van der Waals surface area contributed by atoms with Gasteiger partial charge in [-0.05, 0) is 26.3 Å². The van der Waals surface area contributed by atoms with Crippen LogP contribution in [-0.2, 0) is 13.1 Å². The van der Waals surface area contributed by atoms with Crippen molar-refractivity contribution in [1.29, 1.82) is 0 Å². The third-order valence-electron chi connectivity index (χ3n) is 3.21. The van der Waals surface area contributed by atoms with Gasteiger partial charge in [0.15, 0.2) is 0 Å². The van der Waals surface area contributed by atoms with Crippen molar-refractivity contribution in [2.75, 3.05) is 5.32 Å². The number of hydrogen-bond donors (Lipinski definition) is 1. The summed E-state index contributed by atoms with van der Waals surface area (Å²) in [5, 5.41) is 12.1. The SMILES string of the molecule is CCC(C)n1ccc(NCc2ccnn2CC)n1.Cl. The topological polar surface area (TPSA) is 47.7 Å². The Bertz CT molecular complexity index is 491. The van der Waals surface area contributed by atoms with Crippen LogP contribution in [0.5, 0.6) is 0 Å². The van der Waals surface area contributed by atoms with E-state index in [4.69, 9.17) is 0 Å². The van der Waals surface area contributed by atoms with Crippen molar-refractivity contribution in [3.8, 4) is 0 Å². The van der Waals surface area contributed by atoms with Gasteiger partial charge >= 0.3 is 0 Å². The Kier molecular flexibility index (Phi) is 5.89. The highest BCUT2D eigenvalue weighted by molar-refractivity contribution is 5.85. The number of nitrogens with zero attached hydrogens (tertiary/aromatic N) is 4. The molecule has 2 aromatic heterocycles. The Labute approximate surface area is 120 Å². The van der Waals surface area contributed by atoms with Crippen molar-refractivity contribution in [2.24, 2.45) is 0 Å². The van der Waals surface area contributed by atoms with Crippen LogP contribution in [0, 0.1) is 0 Å². The average Bonchev–Trinajstić information content (AvgIpc) is 3.03. The highest BCUT2D eigenvalue weighted by Gasteiger charge is 2.05. The van der Waals surface area contributed by atoms with Gasteiger partial charge in [-0.25, -0.2) is 0 Å². The minimum atomic E-state index is 0. The molecule has 2 aromatic rings. The maximum Gasteiger partial charge on any atom is 0.148 e. The third kappa shape index (κ3) is 3.73. The molecule has 0 amide bonds. The molecule has 2 rings (SSSR count). The Morgan fingerprint density at radius 1 is 1.32 bits per heavy atom. The molecule has 106 valence electrons. The van der Waals surface area contributed by atoms with Crippen LogP contribution in [0.1, 0.15) is 38.9 Å². The summed E-state index contributed by atoms with van der Waals surface area (Å²) >= 11 is 0. The van der Waals surface area contributed by atoms with Gasteiger partial charge < -0.3 is 5.32 Å². The molecule has 0 radical (unpaired) electrons. The zero-order valence-corrected chi connectivity index (χ0v) is 12.5. The number of hydrogen-bond acceptors (Lipinski definition) is 3. The van der Waals surface area contributed by atoms with Gasteiger partial charge in [-0.1, -0.05) is 6.92 Å². The first-order valence-corrected chi connectivity index (χ1v) is 6.54. The quantitative estimate of drug-likeness (QED) is 0.886. The van der Waals surface area contributed by atoms with E-state index in [1.165, 1.54) is 5.69 Å². The molecule has 0 saturated carbocycles. The van der Waals surface area contributed by atoms with E-state index in [1.807, 2.05) is 33.9 Å². The molecule has 0 spiro atoms. The number of anilines is 1. The molecule has 0 saturated heterocycles. The molecule has 5 nitrogen and oxygen atoms in total. The summed E-state index contributed by atoms with van der Waals surface area (Å²) in [6.07, 6.45) is 4.94. The molecule has 0 aliphatic heterocycles. The second-order valence-corrected chi connectivity index (χ2v) is 4.43. The summed E-state index contributed by atoms with van der Waals surface area (Å²) in [4.78, 5) is 0. The highest BCUT2D eigenvalue weighted by Crippen LogP contribution is 2.12. The molecular formula is C13H22ClN5. The van der Waals surface area contributed by atoms with Crippen molar-refractivity contribution in [1.82, 2.24) is 19.6 Å². The second kappa shape index (κ2) is 7.19. The molecule has 1 unspecified atom stereocenters. The Morgan fingerprint density at radius 3 is 2.79 bits per heavy atom. The lowest BCUT2D eigenvalue weighted by Crippen LogP contribution is -2.09. The molecule has 0 aliphatic carbocycles. The van der Waals surface area contributed by atoms with Crippen LogP contribution in [0.3, 0.4) is 0 Å². The summed E-state index contributed by atoms with van der Waals surface area (Å²) in [5.41, 5.74) is 1.18. The fraction of sp³-hybridized carbons (Fsp3) is 0.538. The van der Waals surface area contributed by atoms with Gasteiger partial charge in [0.25, 0.3) is 0 Å². The second-order valence-electron chi connectivity index (χ2n) is 4.43. The van der Waals surface area contributed by atoms with Crippen LogP contribution in [0.4, 0.5) is 5.82 Å². The van der Waals surface area contributed by atoms with E-state index < -0.39 is 0 Å². The van der Waals surface area contributed by atoms with E-state index in [1.54, 1.807) is 0 Å². The molecule has 0 aliphatic rings. The minimum absolute atomic E-state index is 0. The monoisotopic (exact) mass is 283 g/mol. The van der Waals surface area contributed by atoms with Crippen LogP contribution in [0.2, 0.25) is 0 Å². The van der Waals surface area contributed by atoms with Crippen molar-refractivity contribution >= 4 is 18.2 Å². The minimum Gasteiger partial charge on any atom is -0.363 e.